The van der Waals surface area contributed by atoms with Gasteiger partial charge in [0.05, 0.1) is 5.69 Å². The Labute approximate surface area is 193 Å². The average Bonchev–Trinajstić information content (AvgIpc) is 3.16. The number of esters is 1. The molecule has 4 aromatic rings. The number of aromatic nitrogens is 1. The van der Waals surface area contributed by atoms with Crippen LogP contribution >= 0.6 is 0 Å². The molecular weight excluding hydrogens is 414 g/mol. The average molecular weight is 442 g/mol. The minimum Gasteiger partial charge on any atom is -0.481 e. The molecule has 0 radical (unpaired) electrons. The first-order chi connectivity index (χ1) is 15.8. The Balaban J connectivity index is 2.02. The topological polar surface area (TPSA) is 79.4 Å². The van der Waals surface area contributed by atoms with Crippen molar-refractivity contribution in [1.82, 2.24) is 4.98 Å². The summed E-state index contributed by atoms with van der Waals surface area (Å²) in [4.78, 5) is 29.4. The quantitative estimate of drug-likeness (QED) is 0.284. The van der Waals surface area contributed by atoms with Crippen LogP contribution in [0.1, 0.15) is 37.8 Å². The highest BCUT2D eigenvalue weighted by atomic mass is 16.6. The summed E-state index contributed by atoms with van der Waals surface area (Å²) in [6, 6.07) is 26.8. The van der Waals surface area contributed by atoms with Crippen LogP contribution in [0.15, 0.2) is 84.9 Å². The molecule has 2 unspecified atom stereocenters. The molecule has 0 aliphatic heterocycles. The van der Waals surface area contributed by atoms with Gasteiger partial charge in [0.1, 0.15) is 5.60 Å². The number of H-pyrrole nitrogens is 1. The molecule has 1 heterocycles. The predicted molar refractivity (Wildman–Crippen MR) is 129 cm³/mol. The lowest BCUT2D eigenvalue weighted by Gasteiger charge is -2.28. The summed E-state index contributed by atoms with van der Waals surface area (Å²) in [5.41, 5.74) is 3.27. The summed E-state index contributed by atoms with van der Waals surface area (Å²) in [6.07, 6.45) is 0. The minimum absolute atomic E-state index is 0.734. The van der Waals surface area contributed by atoms with Crippen LogP contribution in [0.3, 0.4) is 0 Å². The van der Waals surface area contributed by atoms with Crippen molar-refractivity contribution in [3.05, 3.63) is 96.1 Å². The number of benzene rings is 3. The van der Waals surface area contributed by atoms with Crippen LogP contribution in [0.4, 0.5) is 0 Å². The van der Waals surface area contributed by atoms with Crippen LogP contribution in [0, 0.1) is 5.92 Å². The van der Waals surface area contributed by atoms with Gasteiger partial charge < -0.3 is 14.8 Å². The Morgan fingerprint density at radius 3 is 2.03 bits per heavy atom. The summed E-state index contributed by atoms with van der Waals surface area (Å²) >= 11 is 0. The van der Waals surface area contributed by atoms with Gasteiger partial charge in [-0.3, -0.25) is 9.59 Å². The summed E-state index contributed by atoms with van der Waals surface area (Å²) in [7, 11) is 0. The van der Waals surface area contributed by atoms with Crippen LogP contribution in [0.5, 0.6) is 0 Å². The molecule has 0 saturated heterocycles. The molecule has 33 heavy (non-hydrogen) atoms. The molecule has 2 N–H and O–H groups in total. The van der Waals surface area contributed by atoms with Gasteiger partial charge >= 0.3 is 11.9 Å². The van der Waals surface area contributed by atoms with Crippen molar-refractivity contribution in [3.8, 4) is 11.3 Å². The molecule has 5 heteroatoms. The fraction of sp³-hybridized carbons (Fsp3) is 0.214. The van der Waals surface area contributed by atoms with Gasteiger partial charge in [0.2, 0.25) is 0 Å². The zero-order chi connectivity index (χ0) is 23.6. The van der Waals surface area contributed by atoms with Crippen molar-refractivity contribution in [2.45, 2.75) is 32.3 Å². The van der Waals surface area contributed by atoms with E-state index in [0.29, 0.717) is 0 Å². The molecule has 3 aromatic carbocycles. The SMILES string of the molecule is CC(C)(C)OC(=O)C(C(=O)O)C(c1ccccc1)c1c(-c2ccccc2)[nH]c2ccccc12. The third-order valence-electron chi connectivity index (χ3n) is 5.54. The molecule has 1 aromatic heterocycles. The summed E-state index contributed by atoms with van der Waals surface area (Å²) in [5, 5.41) is 11.2. The molecule has 0 bridgehead atoms. The molecule has 0 aliphatic rings. The molecule has 0 amide bonds. The van der Waals surface area contributed by atoms with E-state index >= 15 is 0 Å². The van der Waals surface area contributed by atoms with E-state index in [4.69, 9.17) is 4.74 Å². The first kappa shape index (κ1) is 22.3. The largest absolute Gasteiger partial charge is 0.481 e. The number of para-hydroxylation sites is 1. The van der Waals surface area contributed by atoms with Gasteiger partial charge in [0.15, 0.2) is 5.92 Å². The van der Waals surface area contributed by atoms with Crippen LogP contribution in [-0.4, -0.2) is 27.6 Å². The Hall–Kier alpha value is -3.86. The number of fused-ring (bicyclic) bond motifs is 1. The maximum absolute atomic E-state index is 13.3. The Kier molecular flexibility index (Phi) is 6.05. The van der Waals surface area contributed by atoms with Crippen molar-refractivity contribution >= 4 is 22.8 Å². The molecule has 0 spiro atoms. The number of aliphatic carboxylic acids is 1. The number of carboxylic acids is 1. The molecule has 0 saturated carbocycles. The van der Waals surface area contributed by atoms with E-state index in [1.165, 1.54) is 0 Å². The number of ether oxygens (including phenoxy) is 1. The van der Waals surface area contributed by atoms with E-state index in [9.17, 15) is 14.7 Å². The van der Waals surface area contributed by atoms with E-state index in [1.807, 2.05) is 84.9 Å². The molecule has 168 valence electrons. The van der Waals surface area contributed by atoms with E-state index < -0.39 is 29.4 Å². The van der Waals surface area contributed by atoms with Crippen molar-refractivity contribution < 1.29 is 19.4 Å². The molecule has 0 aliphatic carbocycles. The van der Waals surface area contributed by atoms with Gasteiger partial charge in [0.25, 0.3) is 0 Å². The number of carbonyl (C=O) groups is 2. The zero-order valence-electron chi connectivity index (χ0n) is 18.9. The molecule has 4 rings (SSSR count). The summed E-state index contributed by atoms with van der Waals surface area (Å²) < 4.78 is 5.59. The van der Waals surface area contributed by atoms with Crippen molar-refractivity contribution in [3.63, 3.8) is 0 Å². The predicted octanol–water partition coefficient (Wildman–Crippen LogP) is 6.01. The van der Waals surface area contributed by atoms with Gasteiger partial charge in [0, 0.05) is 16.8 Å². The first-order valence-electron chi connectivity index (χ1n) is 10.9. The van der Waals surface area contributed by atoms with E-state index in [1.54, 1.807) is 20.8 Å². The van der Waals surface area contributed by atoms with E-state index in [0.717, 1.165) is 33.3 Å². The molecular formula is C28H27NO4. The number of carbonyl (C=O) groups excluding carboxylic acids is 1. The standard InChI is InChI=1S/C28H27NO4/c1-28(2,3)33-27(32)24(26(30)31)22(18-12-6-4-7-13-18)23-20-16-10-11-17-21(20)29-25(23)19-14-8-5-9-15-19/h4-17,22,24,29H,1-3H3,(H,30,31). The van der Waals surface area contributed by atoms with E-state index in [2.05, 4.69) is 4.98 Å². The minimum atomic E-state index is -1.42. The van der Waals surface area contributed by atoms with Crippen LogP contribution in [0.25, 0.3) is 22.2 Å². The van der Waals surface area contributed by atoms with Crippen LogP contribution in [-0.2, 0) is 14.3 Å². The van der Waals surface area contributed by atoms with Crippen molar-refractivity contribution in [1.29, 1.82) is 0 Å². The lowest BCUT2D eigenvalue weighted by atomic mass is 9.78. The molecule has 0 fully saturated rings. The fourth-order valence-electron chi connectivity index (χ4n) is 4.25. The second-order valence-corrected chi connectivity index (χ2v) is 9.06. The van der Waals surface area contributed by atoms with Crippen LogP contribution < -0.4 is 0 Å². The highest BCUT2D eigenvalue weighted by Crippen LogP contribution is 2.43. The Morgan fingerprint density at radius 1 is 0.848 bits per heavy atom. The van der Waals surface area contributed by atoms with Crippen molar-refractivity contribution in [2.75, 3.05) is 0 Å². The number of aromatic amines is 1. The number of rotatable bonds is 6. The van der Waals surface area contributed by atoms with Gasteiger partial charge in [-0.05, 0) is 43.5 Å². The first-order valence-corrected chi connectivity index (χ1v) is 10.9. The summed E-state index contributed by atoms with van der Waals surface area (Å²) in [5.74, 6) is -4.16. The fourth-order valence-corrected chi connectivity index (χ4v) is 4.25. The Morgan fingerprint density at radius 2 is 1.42 bits per heavy atom. The van der Waals surface area contributed by atoms with Gasteiger partial charge in [-0.1, -0.05) is 78.9 Å². The second kappa shape index (κ2) is 8.94. The number of carboxylic acid groups (broad SMARTS) is 1. The number of hydrogen-bond acceptors (Lipinski definition) is 3. The Bertz CT molecular complexity index is 1270. The summed E-state index contributed by atoms with van der Waals surface area (Å²) in [6.45, 7) is 5.22. The lowest BCUT2D eigenvalue weighted by Crippen LogP contribution is -2.36. The molecule has 2 atom stereocenters. The maximum atomic E-state index is 13.3. The smallest absolute Gasteiger partial charge is 0.321 e. The van der Waals surface area contributed by atoms with E-state index in [-0.39, 0.29) is 0 Å². The highest BCUT2D eigenvalue weighted by molar-refractivity contribution is 5.99. The van der Waals surface area contributed by atoms with Gasteiger partial charge in [-0.15, -0.1) is 0 Å². The zero-order valence-corrected chi connectivity index (χ0v) is 18.9. The second-order valence-electron chi connectivity index (χ2n) is 9.06. The van der Waals surface area contributed by atoms with Gasteiger partial charge in [-0.25, -0.2) is 0 Å². The highest BCUT2D eigenvalue weighted by Gasteiger charge is 2.42. The molecule has 5 nitrogen and oxygen atoms in total. The number of hydrogen-bond donors (Lipinski definition) is 2. The van der Waals surface area contributed by atoms with Crippen molar-refractivity contribution in [2.24, 2.45) is 5.92 Å². The lowest BCUT2D eigenvalue weighted by molar-refractivity contribution is -0.167. The van der Waals surface area contributed by atoms with Crippen LogP contribution in [0.2, 0.25) is 0 Å². The third-order valence-corrected chi connectivity index (χ3v) is 5.54. The number of nitrogens with one attached hydrogen (secondary N) is 1. The third kappa shape index (κ3) is 4.67. The monoisotopic (exact) mass is 441 g/mol. The normalized spacial score (nSPS) is 13.4. The maximum Gasteiger partial charge on any atom is 0.321 e. The van der Waals surface area contributed by atoms with Gasteiger partial charge in [-0.2, -0.15) is 0 Å².